The van der Waals surface area contributed by atoms with Crippen LogP contribution in [0.2, 0.25) is 0 Å². The number of anilines is 4. The number of hydrogen-bond donors (Lipinski definition) is 6. The molecule has 0 aliphatic heterocycles. The Morgan fingerprint density at radius 2 is 0.826 bits per heavy atom. The van der Waals surface area contributed by atoms with E-state index in [0.29, 0.717) is 24.1 Å². The summed E-state index contributed by atoms with van der Waals surface area (Å²) in [5.41, 5.74) is 16.2. The van der Waals surface area contributed by atoms with E-state index in [1.54, 1.807) is 0 Å². The maximum atomic E-state index is 12.4. The molecule has 115 heavy (non-hydrogen) atoms. The van der Waals surface area contributed by atoms with Crippen molar-refractivity contribution in [3.8, 4) is 11.5 Å². The molecule has 0 spiro atoms. The number of aromatic hydroxyl groups is 2. The fraction of sp³-hybridized carbons (Fsp3) is 0.137. The molecule has 0 amide bonds. The molecule has 8 aromatic carbocycles. The summed E-state index contributed by atoms with van der Waals surface area (Å²) in [6, 6.07) is 25.7. The van der Waals surface area contributed by atoms with E-state index in [2.05, 4.69) is 81.9 Å². The predicted molar refractivity (Wildman–Crippen MR) is 356 cm³/mol. The SMILES string of the molecule is Nc1c(N=Nc2ccc(S(=O)(=O)CCOS(=O)(=O)[O-])cc2)c(S(=O)(=O)[O-])cc2cc(SOO[O-])cc(O)c12.Nc1cc(N)c(S(=O)(=O)[O-])cc1N=Nc1ccc(S(=O)(=O)CCOSOO[O-])cc1.O=S(=O)([O-])CNc1ccc2c(O)cc(SOO[O-])cc2c1N=Nc1ccc(S(=O)(=O)CCOSOO[O-])cc1.[Na+].[Na+].[Na+].[Na+].[Na+].[Na+].[Na+].[Na+]. The van der Waals surface area contributed by atoms with Gasteiger partial charge in [-0.3, -0.25) is 32.7 Å². The number of nitrogens with two attached hydrogens (primary N) is 3. The first-order chi connectivity index (χ1) is 50.2. The van der Waals surface area contributed by atoms with Crippen molar-refractivity contribution >= 4 is 197 Å². The topological polar surface area (TPSA) is 730 Å². The minimum atomic E-state index is -5.17. The monoisotopic (exact) mass is 1890 g/mol. The van der Waals surface area contributed by atoms with Crippen molar-refractivity contribution < 1.29 is 395 Å². The van der Waals surface area contributed by atoms with Gasteiger partial charge in [-0.25, -0.2) is 58.9 Å². The molecule has 0 saturated carbocycles. The van der Waals surface area contributed by atoms with Crippen molar-refractivity contribution in [3.05, 3.63) is 127 Å². The van der Waals surface area contributed by atoms with Crippen molar-refractivity contribution in [1.82, 2.24) is 0 Å². The van der Waals surface area contributed by atoms with E-state index in [0.717, 1.165) is 48.5 Å². The standard InChI is InChI=1S/C19H19N3O13S4.C18H17N3O13S4.C14H16N4O9S3.8Na/c23-18-10-13(36-34-32-24)9-16-15(18)5-6-17(20-11-39(28,29)30)19(16)22-21-12-1-3-14(4-2-12)38(26,27)8-7-31-37-35-33-25;19-17-16-10(7-12(9-14(16)22)35-34-33-23)8-15(37(26,27)28)18(17)21-20-11-1-3-13(4-2-11)36(24,25)6-5-32-38(29,30)31;15-11-7-12(16)14(30(22,23)24)8-13(11)18-17-9-1-3-10(4-2-9)29(20,21)6-5-25-28-27-26-19;;;;;;;;/h1-6,9-10,20,23-25H,7-8,11H2,(H,28,29,30);1-4,7-9,22-23H,5-6,19H2,(H,26,27,28)(H,29,30,31);1-4,7-8,19H,5-6,15-16H2,(H,22,23,24);;;;;;;;/q;;;8*+1/p-8. The second kappa shape index (κ2) is 56.3. The first kappa shape index (κ1) is 119. The first-order valence-electron chi connectivity index (χ1n) is 27.5. The number of rotatable bonds is 36. The summed E-state index contributed by atoms with van der Waals surface area (Å²) in [6.45, 7) is -1.46. The van der Waals surface area contributed by atoms with Gasteiger partial charge in [0.15, 0.2) is 54.2 Å². The number of azo groups is 3. The average molecular weight is 1890 g/mol. The van der Waals surface area contributed by atoms with Gasteiger partial charge in [0.05, 0.1) is 125 Å². The molecule has 8 aromatic rings. The van der Waals surface area contributed by atoms with Gasteiger partial charge in [0.25, 0.3) is 0 Å². The van der Waals surface area contributed by atoms with Crippen molar-refractivity contribution in [2.75, 3.05) is 65.5 Å². The third-order valence-corrected chi connectivity index (χ3v) is 22.4. The molecule has 0 aromatic heterocycles. The first-order valence-corrected chi connectivity index (χ1v) is 41.0. The van der Waals surface area contributed by atoms with Crippen LogP contribution in [0.4, 0.5) is 56.9 Å². The molecule has 0 atom stereocenters. The van der Waals surface area contributed by atoms with Gasteiger partial charge in [0, 0.05) is 25.9 Å². The van der Waals surface area contributed by atoms with Gasteiger partial charge >= 0.3 is 236 Å². The number of phenols is 2. The number of nitrogen functional groups attached to an aromatic ring is 3. The molecular weight excluding hydrogens is 1850 g/mol. The van der Waals surface area contributed by atoms with Crippen LogP contribution in [0.5, 0.6) is 11.5 Å². The second-order valence-corrected chi connectivity index (χ2v) is 33.7. The predicted octanol–water partition coefficient (Wildman–Crippen LogP) is -20.6. The van der Waals surface area contributed by atoms with Gasteiger partial charge in [-0.2, -0.15) is 24.0 Å². The molecule has 9 N–H and O–H groups in total. The van der Waals surface area contributed by atoms with Gasteiger partial charge < -0.3 is 72.0 Å². The van der Waals surface area contributed by atoms with Crippen molar-refractivity contribution in [3.63, 3.8) is 0 Å². The minimum absolute atomic E-state index is 0. The van der Waals surface area contributed by atoms with Crippen LogP contribution in [0.25, 0.3) is 21.5 Å². The fourth-order valence-electron chi connectivity index (χ4n) is 8.19. The molecule has 0 aliphatic rings. The molecule has 0 heterocycles. The van der Waals surface area contributed by atoms with Crippen LogP contribution in [0.15, 0.2) is 192 Å². The normalized spacial score (nSPS) is 11.7. The van der Waals surface area contributed by atoms with E-state index >= 15 is 0 Å². The van der Waals surface area contributed by atoms with Crippen LogP contribution >= 0.6 is 48.7 Å². The molecule has 0 unspecified atom stereocenters. The number of nitrogens with zero attached hydrogens (tertiary/aromatic N) is 6. The van der Waals surface area contributed by atoms with Gasteiger partial charge in [-0.15, -0.1) is 24.0 Å². The van der Waals surface area contributed by atoms with E-state index in [1.165, 1.54) is 78.9 Å². The van der Waals surface area contributed by atoms with E-state index in [-0.39, 0.29) is 372 Å². The Bertz CT molecular complexity index is 5440. The van der Waals surface area contributed by atoms with Crippen LogP contribution in [-0.2, 0) is 120 Å². The molecule has 45 nitrogen and oxygen atoms in total. The Kier molecular flexibility index (Phi) is 58.4. The van der Waals surface area contributed by atoms with Crippen LogP contribution in [0.3, 0.4) is 0 Å². The third kappa shape index (κ3) is 39.7. The van der Waals surface area contributed by atoms with Gasteiger partial charge in [0.2, 0.25) is 10.4 Å². The second-order valence-electron chi connectivity index (χ2n) is 19.7. The Morgan fingerprint density at radius 1 is 0.417 bits per heavy atom. The zero-order valence-electron chi connectivity index (χ0n) is 60.3. The molecule has 0 aliphatic carbocycles. The van der Waals surface area contributed by atoms with Crippen LogP contribution in [-0.4, -0.2) is 130 Å². The summed E-state index contributed by atoms with van der Waals surface area (Å²) in [5.74, 6) is -3.33. The number of benzene rings is 8. The average Bonchev–Trinajstić information content (AvgIpc) is 0.758. The molecule has 8 rings (SSSR count). The number of hydrogen-bond acceptors (Lipinski definition) is 49. The quantitative estimate of drug-likeness (QED) is 0.00244. The smallest absolute Gasteiger partial charge is 0.747 e. The van der Waals surface area contributed by atoms with E-state index in [4.69, 9.17) is 21.4 Å². The summed E-state index contributed by atoms with van der Waals surface area (Å²) >= 11 is 1.26. The number of fused-ring (bicyclic) bond motifs is 2. The van der Waals surface area contributed by atoms with E-state index in [9.17, 15) is 108 Å². The number of sulfone groups is 3. The molecule has 0 bridgehead atoms. The Hall–Kier alpha value is 0.170. The Morgan fingerprint density at radius 3 is 1.24 bits per heavy atom. The zero-order chi connectivity index (χ0) is 79.1. The van der Waals surface area contributed by atoms with Crippen LogP contribution in [0.1, 0.15) is 0 Å². The zero-order valence-corrected chi connectivity index (χ0v) is 85.3. The van der Waals surface area contributed by atoms with Gasteiger partial charge in [-0.1, -0.05) is 0 Å². The summed E-state index contributed by atoms with van der Waals surface area (Å²) in [7, 11) is -31.2. The van der Waals surface area contributed by atoms with Crippen LogP contribution in [0, 0.1) is 0 Å². The maximum absolute atomic E-state index is 12.4. The molecule has 582 valence electrons. The third-order valence-electron chi connectivity index (χ3n) is 12.7. The summed E-state index contributed by atoms with van der Waals surface area (Å²) in [6.07, 6.45) is 0. The van der Waals surface area contributed by atoms with Gasteiger partial charge in [-0.05, 0) is 133 Å². The molecule has 0 saturated heterocycles. The Labute approximate surface area is 848 Å². The molecule has 64 heteroatoms. The van der Waals surface area contributed by atoms with Crippen molar-refractivity contribution in [2.45, 2.75) is 34.3 Å². The summed E-state index contributed by atoms with van der Waals surface area (Å²) in [4.78, 5) is -1.61. The molecular formula is C51H44N10Na8O35S11. The van der Waals surface area contributed by atoms with Crippen molar-refractivity contribution in [2.24, 2.45) is 30.7 Å². The number of phenolic OH excluding ortho intramolecular Hbond substituents is 2. The van der Waals surface area contributed by atoms with Gasteiger partial charge in [0.1, 0.15) is 64.8 Å². The Balaban J connectivity index is -0.00000159. The maximum Gasteiger partial charge on any atom is 1.00 e. The summed E-state index contributed by atoms with van der Waals surface area (Å²) in [5, 5.41) is 98.9. The fourth-order valence-corrected chi connectivity index (χ4v) is 15.0. The number of nitrogens with one attached hydrogen (secondary N) is 1. The van der Waals surface area contributed by atoms with Crippen molar-refractivity contribution in [1.29, 1.82) is 0 Å². The largest absolute Gasteiger partial charge is 1.00 e. The van der Waals surface area contributed by atoms with E-state index < -0.39 is 127 Å². The van der Waals surface area contributed by atoms with E-state index in [1.807, 2.05) is 0 Å². The molecule has 0 radical (unpaired) electrons. The minimum Gasteiger partial charge on any atom is -0.747 e. The van der Waals surface area contributed by atoms with Crippen LogP contribution < -0.4 is 280 Å². The summed E-state index contributed by atoms with van der Waals surface area (Å²) < 4.78 is 237. The molecule has 0 fully saturated rings.